The van der Waals surface area contributed by atoms with E-state index in [1.165, 1.54) is 5.56 Å². The van der Waals surface area contributed by atoms with E-state index in [0.717, 1.165) is 31.8 Å². The average Bonchev–Trinajstić information content (AvgIpc) is 3.33. The van der Waals surface area contributed by atoms with Gasteiger partial charge in [-0.05, 0) is 46.7 Å². The number of thioether (sulfide) groups is 1. The Balaban J connectivity index is 1.43. The van der Waals surface area contributed by atoms with Crippen LogP contribution < -0.4 is 10.1 Å². The van der Waals surface area contributed by atoms with E-state index in [-0.39, 0.29) is 12.5 Å². The van der Waals surface area contributed by atoms with Crippen LogP contribution >= 0.6 is 27.7 Å². The third kappa shape index (κ3) is 5.15. The second-order valence-corrected chi connectivity index (χ2v) is 9.89. The second kappa shape index (κ2) is 11.0. The van der Waals surface area contributed by atoms with Crippen molar-refractivity contribution in [2.24, 2.45) is 0 Å². The van der Waals surface area contributed by atoms with Crippen LogP contribution in [0.25, 0.3) is 16.5 Å². The molecular formula is C28H23BrN4O2S. The maximum absolute atomic E-state index is 13.1. The maximum Gasteiger partial charge on any atom is 0.252 e. The standard InChI is InChI=1S/C28H23BrN4O2S/c1-35-25-12-5-4-11-24(25)33-26(31-32-28(33)36-18-19-13-15-21(29)16-14-19)17-30-27(34)23-10-6-8-20-7-2-3-9-22(20)23/h2-16H,17-18H2,1H3,(H,30,34). The van der Waals surface area contributed by atoms with Gasteiger partial charge in [-0.3, -0.25) is 9.36 Å². The lowest BCUT2D eigenvalue weighted by Gasteiger charge is -2.14. The fraction of sp³-hybridized carbons (Fsp3) is 0.107. The smallest absolute Gasteiger partial charge is 0.252 e. The van der Waals surface area contributed by atoms with Gasteiger partial charge in [-0.1, -0.05) is 88.4 Å². The number of hydrogen-bond acceptors (Lipinski definition) is 5. The summed E-state index contributed by atoms with van der Waals surface area (Å²) in [7, 11) is 1.64. The molecule has 5 aromatic rings. The van der Waals surface area contributed by atoms with E-state index in [0.29, 0.717) is 17.1 Å². The first-order valence-corrected chi connectivity index (χ1v) is 13.1. The summed E-state index contributed by atoms with van der Waals surface area (Å²) in [6, 6.07) is 29.5. The van der Waals surface area contributed by atoms with Gasteiger partial charge in [-0.15, -0.1) is 10.2 Å². The number of carbonyl (C=O) groups excluding carboxylic acids is 1. The van der Waals surface area contributed by atoms with Crippen molar-refractivity contribution < 1.29 is 9.53 Å². The van der Waals surface area contributed by atoms with Crippen LogP contribution in [0, 0.1) is 0 Å². The van der Waals surface area contributed by atoms with Crippen LogP contribution in [-0.2, 0) is 12.3 Å². The first-order chi connectivity index (χ1) is 17.6. The van der Waals surface area contributed by atoms with Gasteiger partial charge in [0.1, 0.15) is 5.75 Å². The molecule has 0 bridgehead atoms. The Morgan fingerprint density at radius 3 is 2.53 bits per heavy atom. The normalized spacial score (nSPS) is 10.9. The molecule has 0 saturated heterocycles. The zero-order valence-corrected chi connectivity index (χ0v) is 21.9. The fourth-order valence-electron chi connectivity index (χ4n) is 3.97. The number of benzene rings is 4. The minimum atomic E-state index is -0.162. The molecule has 0 atom stereocenters. The van der Waals surface area contributed by atoms with Crippen molar-refractivity contribution >= 4 is 44.4 Å². The molecule has 180 valence electrons. The van der Waals surface area contributed by atoms with Crippen molar-refractivity contribution in [1.29, 1.82) is 0 Å². The van der Waals surface area contributed by atoms with Crippen LogP contribution in [0.4, 0.5) is 0 Å². The van der Waals surface area contributed by atoms with Crippen molar-refractivity contribution in [2.75, 3.05) is 7.11 Å². The zero-order valence-electron chi connectivity index (χ0n) is 19.5. The molecule has 0 aliphatic rings. The summed E-state index contributed by atoms with van der Waals surface area (Å²) in [5.41, 5.74) is 2.61. The highest BCUT2D eigenvalue weighted by molar-refractivity contribution is 9.10. The molecule has 6 nitrogen and oxygen atoms in total. The lowest BCUT2D eigenvalue weighted by molar-refractivity contribution is 0.0951. The van der Waals surface area contributed by atoms with Gasteiger partial charge in [0.2, 0.25) is 0 Å². The van der Waals surface area contributed by atoms with Crippen LogP contribution in [0.5, 0.6) is 5.75 Å². The molecule has 1 aromatic heterocycles. The third-order valence-corrected chi connectivity index (χ3v) is 7.28. The summed E-state index contributed by atoms with van der Waals surface area (Å²) < 4.78 is 8.61. The number of aromatic nitrogens is 3. The number of halogens is 1. The minimum absolute atomic E-state index is 0.162. The SMILES string of the molecule is COc1ccccc1-n1c(CNC(=O)c2cccc3ccccc23)nnc1SCc1ccc(Br)cc1. The van der Waals surface area contributed by atoms with E-state index in [4.69, 9.17) is 4.74 Å². The number of amides is 1. The summed E-state index contributed by atoms with van der Waals surface area (Å²) in [5.74, 6) is 1.88. The highest BCUT2D eigenvalue weighted by atomic mass is 79.9. The van der Waals surface area contributed by atoms with Crippen LogP contribution in [0.2, 0.25) is 0 Å². The summed E-state index contributed by atoms with van der Waals surface area (Å²) in [4.78, 5) is 13.1. The molecule has 1 N–H and O–H groups in total. The highest BCUT2D eigenvalue weighted by Crippen LogP contribution is 2.30. The van der Waals surface area contributed by atoms with Crippen molar-refractivity contribution in [3.8, 4) is 11.4 Å². The Hall–Kier alpha value is -3.62. The number of carbonyl (C=O) groups is 1. The Morgan fingerprint density at radius 1 is 0.944 bits per heavy atom. The van der Waals surface area contributed by atoms with Gasteiger partial charge in [-0.2, -0.15) is 0 Å². The molecule has 0 aliphatic heterocycles. The van der Waals surface area contributed by atoms with Gasteiger partial charge in [0.25, 0.3) is 5.91 Å². The number of hydrogen-bond donors (Lipinski definition) is 1. The molecule has 8 heteroatoms. The van der Waals surface area contributed by atoms with Gasteiger partial charge in [0.05, 0.1) is 19.3 Å². The number of methoxy groups -OCH3 is 1. The fourth-order valence-corrected chi connectivity index (χ4v) is 5.16. The molecule has 5 rings (SSSR count). The number of para-hydroxylation sites is 2. The number of nitrogens with one attached hydrogen (secondary N) is 1. The molecule has 0 fully saturated rings. The first-order valence-electron chi connectivity index (χ1n) is 11.3. The van der Waals surface area contributed by atoms with Gasteiger partial charge in [0.15, 0.2) is 11.0 Å². The Morgan fingerprint density at radius 2 is 1.69 bits per heavy atom. The number of nitrogens with zero attached hydrogens (tertiary/aromatic N) is 3. The van der Waals surface area contributed by atoms with Crippen molar-refractivity contribution in [2.45, 2.75) is 17.5 Å². The zero-order chi connectivity index (χ0) is 24.9. The van der Waals surface area contributed by atoms with E-state index < -0.39 is 0 Å². The Labute approximate surface area is 221 Å². The average molecular weight is 559 g/mol. The van der Waals surface area contributed by atoms with Crippen LogP contribution in [0.1, 0.15) is 21.7 Å². The lowest BCUT2D eigenvalue weighted by Crippen LogP contribution is -2.25. The van der Waals surface area contributed by atoms with Crippen LogP contribution in [0.3, 0.4) is 0 Å². The predicted octanol–water partition coefficient (Wildman–Crippen LogP) is 6.41. The number of rotatable bonds is 8. The quantitative estimate of drug-likeness (QED) is 0.223. The van der Waals surface area contributed by atoms with Crippen molar-refractivity contribution in [1.82, 2.24) is 20.1 Å². The summed E-state index contributed by atoms with van der Waals surface area (Å²) in [6.45, 7) is 0.214. The van der Waals surface area contributed by atoms with Gasteiger partial charge < -0.3 is 10.1 Å². The molecule has 0 spiro atoms. The topological polar surface area (TPSA) is 69.0 Å². The number of ether oxygens (including phenoxy) is 1. The minimum Gasteiger partial charge on any atom is -0.495 e. The van der Waals surface area contributed by atoms with Crippen molar-refractivity contribution in [3.63, 3.8) is 0 Å². The summed E-state index contributed by atoms with van der Waals surface area (Å²) >= 11 is 5.06. The van der Waals surface area contributed by atoms with Crippen LogP contribution in [-0.4, -0.2) is 27.8 Å². The van der Waals surface area contributed by atoms with E-state index in [2.05, 4.69) is 43.6 Å². The van der Waals surface area contributed by atoms with E-state index in [1.807, 2.05) is 83.4 Å². The van der Waals surface area contributed by atoms with Crippen molar-refractivity contribution in [3.05, 3.63) is 112 Å². The van der Waals surface area contributed by atoms with Gasteiger partial charge >= 0.3 is 0 Å². The third-order valence-electron chi connectivity index (χ3n) is 5.75. The lowest BCUT2D eigenvalue weighted by atomic mass is 10.0. The molecule has 36 heavy (non-hydrogen) atoms. The Kier molecular flexibility index (Phi) is 7.34. The van der Waals surface area contributed by atoms with E-state index in [1.54, 1.807) is 18.9 Å². The molecule has 1 heterocycles. The predicted molar refractivity (Wildman–Crippen MR) is 147 cm³/mol. The molecule has 0 unspecified atom stereocenters. The largest absolute Gasteiger partial charge is 0.495 e. The molecule has 1 amide bonds. The summed E-state index contributed by atoms with van der Waals surface area (Å²) in [6.07, 6.45) is 0. The summed E-state index contributed by atoms with van der Waals surface area (Å²) in [5, 5.41) is 14.6. The molecular weight excluding hydrogens is 536 g/mol. The second-order valence-electron chi connectivity index (χ2n) is 8.03. The monoisotopic (exact) mass is 558 g/mol. The molecule has 0 aliphatic carbocycles. The van der Waals surface area contributed by atoms with Gasteiger partial charge in [-0.25, -0.2) is 0 Å². The molecule has 0 radical (unpaired) electrons. The van der Waals surface area contributed by atoms with Gasteiger partial charge in [0, 0.05) is 15.8 Å². The van der Waals surface area contributed by atoms with E-state index in [9.17, 15) is 4.79 Å². The molecule has 0 saturated carbocycles. The highest BCUT2D eigenvalue weighted by Gasteiger charge is 2.19. The molecule has 4 aromatic carbocycles. The van der Waals surface area contributed by atoms with E-state index >= 15 is 0 Å². The maximum atomic E-state index is 13.1. The van der Waals surface area contributed by atoms with Crippen LogP contribution in [0.15, 0.2) is 101 Å². The Bertz CT molecular complexity index is 1510. The first kappa shape index (κ1) is 24.1. The number of fused-ring (bicyclic) bond motifs is 1.